The van der Waals surface area contributed by atoms with E-state index in [9.17, 15) is 22.8 Å². The average molecular weight is 602 g/mol. The molecule has 2 aromatic rings. The van der Waals surface area contributed by atoms with Crippen LogP contribution in [0.4, 0.5) is 5.69 Å². The topological polar surface area (TPSA) is 146 Å². The molecule has 3 amide bonds. The normalized spacial score (nSPS) is 18.5. The van der Waals surface area contributed by atoms with Gasteiger partial charge in [-0.1, -0.05) is 32.9 Å². The molecule has 42 heavy (non-hydrogen) atoms. The number of carbonyl (C=O) groups excluding carboxylic acids is 3. The molecule has 11 nitrogen and oxygen atoms in total. The summed E-state index contributed by atoms with van der Waals surface area (Å²) in [5.41, 5.74) is 1.36. The zero-order valence-corrected chi connectivity index (χ0v) is 26.0. The first-order valence-corrected chi connectivity index (χ1v) is 16.0. The number of ether oxygens (including phenoxy) is 1. The third kappa shape index (κ3) is 9.45. The van der Waals surface area contributed by atoms with Crippen LogP contribution in [0.25, 0.3) is 0 Å². The standard InChI is InChI=1S/C30H43N5O6S/c1-7-27(30(38)32-16-19(2)3)31-17-24-11-21-9-8-10-26(12-21)41-18-20(4)33-28(36)22-13-23(29(37)34-24)15-25(14-22)35(5)42(6,39)40/h8-10,12-15,19-20,24,27,31H,7,11,16-18H2,1-6H3,(H,32,38)(H,33,36)(H,34,37)/t20-,24-,27?/m0/s1. The monoisotopic (exact) mass is 601 g/mol. The van der Waals surface area contributed by atoms with Gasteiger partial charge >= 0.3 is 0 Å². The molecule has 1 unspecified atom stereocenters. The van der Waals surface area contributed by atoms with Crippen molar-refractivity contribution in [3.05, 3.63) is 59.2 Å². The molecule has 1 heterocycles. The number of rotatable bonds is 9. The van der Waals surface area contributed by atoms with Gasteiger partial charge in [0.25, 0.3) is 11.8 Å². The van der Waals surface area contributed by atoms with Gasteiger partial charge in [0.1, 0.15) is 12.4 Å². The van der Waals surface area contributed by atoms with Crippen LogP contribution < -0.4 is 30.3 Å². The summed E-state index contributed by atoms with van der Waals surface area (Å²) in [6.07, 6.45) is 2.04. The fourth-order valence-corrected chi connectivity index (χ4v) is 4.93. The minimum absolute atomic E-state index is 0.105. The van der Waals surface area contributed by atoms with Crippen molar-refractivity contribution in [2.24, 2.45) is 5.92 Å². The predicted octanol–water partition coefficient (Wildman–Crippen LogP) is 2.07. The Balaban J connectivity index is 1.98. The van der Waals surface area contributed by atoms with Crippen LogP contribution in [0.15, 0.2) is 42.5 Å². The summed E-state index contributed by atoms with van der Waals surface area (Å²) in [5, 5.41) is 12.1. The molecule has 3 atom stereocenters. The van der Waals surface area contributed by atoms with Crippen LogP contribution in [0.2, 0.25) is 0 Å². The van der Waals surface area contributed by atoms with Gasteiger partial charge in [-0.2, -0.15) is 0 Å². The second-order valence-electron chi connectivity index (χ2n) is 11.2. The molecule has 4 bridgehead atoms. The fraction of sp³-hybridized carbons (Fsp3) is 0.500. The highest BCUT2D eigenvalue weighted by atomic mass is 32.2. The quantitative estimate of drug-likeness (QED) is 0.344. The first-order valence-electron chi connectivity index (χ1n) is 14.2. The number of sulfonamides is 1. The minimum Gasteiger partial charge on any atom is -0.491 e. The van der Waals surface area contributed by atoms with Crippen LogP contribution in [0.1, 0.15) is 60.4 Å². The first kappa shape index (κ1) is 32.9. The van der Waals surface area contributed by atoms with Crippen molar-refractivity contribution in [1.82, 2.24) is 21.3 Å². The SMILES string of the molecule is CCC(NC[C@@H]1Cc2cccc(c2)OC[C@H](C)NC(=O)c2cc(cc(N(C)S(C)(=O)=O)c2)C(=O)N1)C(=O)NCC(C)C. The lowest BCUT2D eigenvalue weighted by Gasteiger charge is -2.24. The molecule has 230 valence electrons. The number of nitrogens with zero attached hydrogens (tertiary/aromatic N) is 1. The van der Waals surface area contributed by atoms with E-state index >= 15 is 0 Å². The van der Waals surface area contributed by atoms with Gasteiger partial charge in [-0.05, 0) is 61.6 Å². The summed E-state index contributed by atoms with van der Waals surface area (Å²) in [4.78, 5) is 39.5. The minimum atomic E-state index is -3.66. The fourth-order valence-electron chi connectivity index (χ4n) is 4.44. The summed E-state index contributed by atoms with van der Waals surface area (Å²) < 4.78 is 31.6. The van der Waals surface area contributed by atoms with Crippen LogP contribution in [-0.4, -0.2) is 77.3 Å². The van der Waals surface area contributed by atoms with Gasteiger partial charge in [-0.15, -0.1) is 0 Å². The van der Waals surface area contributed by atoms with Gasteiger partial charge < -0.3 is 26.0 Å². The number of nitrogens with one attached hydrogen (secondary N) is 4. The van der Waals surface area contributed by atoms with E-state index in [0.717, 1.165) is 16.1 Å². The smallest absolute Gasteiger partial charge is 0.251 e. The molecule has 0 fully saturated rings. The maximum Gasteiger partial charge on any atom is 0.251 e. The number of benzene rings is 2. The number of anilines is 1. The van der Waals surface area contributed by atoms with Crippen molar-refractivity contribution in [2.75, 3.05) is 37.3 Å². The van der Waals surface area contributed by atoms with Crippen molar-refractivity contribution in [2.45, 2.75) is 58.7 Å². The Morgan fingerprint density at radius 2 is 1.76 bits per heavy atom. The third-order valence-corrected chi connectivity index (χ3v) is 8.12. The summed E-state index contributed by atoms with van der Waals surface area (Å²) in [6, 6.07) is 10.6. The lowest BCUT2D eigenvalue weighted by atomic mass is 10.0. The van der Waals surface area contributed by atoms with E-state index < -0.39 is 33.9 Å². The molecule has 0 spiro atoms. The lowest BCUT2D eigenvalue weighted by molar-refractivity contribution is -0.123. The molecule has 0 aromatic heterocycles. The maximum absolute atomic E-state index is 13.6. The van der Waals surface area contributed by atoms with E-state index in [2.05, 4.69) is 21.3 Å². The van der Waals surface area contributed by atoms with Crippen molar-refractivity contribution in [3.8, 4) is 5.75 Å². The summed E-state index contributed by atoms with van der Waals surface area (Å²) >= 11 is 0. The Morgan fingerprint density at radius 3 is 2.38 bits per heavy atom. The van der Waals surface area contributed by atoms with Gasteiger partial charge in [-0.25, -0.2) is 8.42 Å². The van der Waals surface area contributed by atoms with Crippen molar-refractivity contribution < 1.29 is 27.5 Å². The van der Waals surface area contributed by atoms with E-state index in [-0.39, 0.29) is 41.9 Å². The number of amides is 3. The van der Waals surface area contributed by atoms with E-state index in [1.54, 1.807) is 6.92 Å². The van der Waals surface area contributed by atoms with Crippen molar-refractivity contribution >= 4 is 33.4 Å². The molecule has 0 saturated heterocycles. The third-order valence-electron chi connectivity index (χ3n) is 6.92. The molecule has 4 N–H and O–H groups in total. The van der Waals surface area contributed by atoms with E-state index in [0.29, 0.717) is 31.1 Å². The van der Waals surface area contributed by atoms with E-state index in [4.69, 9.17) is 4.74 Å². The van der Waals surface area contributed by atoms with Crippen LogP contribution in [0.3, 0.4) is 0 Å². The van der Waals surface area contributed by atoms with Gasteiger partial charge in [0, 0.05) is 37.3 Å². The highest BCUT2D eigenvalue weighted by Crippen LogP contribution is 2.22. The maximum atomic E-state index is 13.6. The Morgan fingerprint density at radius 1 is 1.10 bits per heavy atom. The second kappa shape index (κ2) is 14.5. The summed E-state index contributed by atoms with van der Waals surface area (Å²) in [5.74, 6) is -0.113. The average Bonchev–Trinajstić information content (AvgIpc) is 2.93. The number of hydrogen-bond donors (Lipinski definition) is 4. The number of carbonyl (C=O) groups is 3. The molecular formula is C30H43N5O6S. The number of fused-ring (bicyclic) bond motifs is 4. The van der Waals surface area contributed by atoms with Crippen LogP contribution in [0, 0.1) is 5.92 Å². The highest BCUT2D eigenvalue weighted by Gasteiger charge is 2.23. The van der Waals surface area contributed by atoms with Crippen LogP contribution in [-0.2, 0) is 21.2 Å². The molecule has 1 aliphatic heterocycles. The molecule has 12 heteroatoms. The van der Waals surface area contributed by atoms with E-state index in [1.165, 1.54) is 25.2 Å². The Bertz CT molecular complexity index is 1380. The van der Waals surface area contributed by atoms with E-state index in [1.807, 2.05) is 45.0 Å². The van der Waals surface area contributed by atoms with Gasteiger partial charge in [0.15, 0.2) is 0 Å². The Labute approximate surface area is 248 Å². The number of hydrogen-bond acceptors (Lipinski definition) is 7. The molecule has 2 aromatic carbocycles. The first-order chi connectivity index (χ1) is 19.8. The predicted molar refractivity (Wildman–Crippen MR) is 163 cm³/mol. The molecule has 0 aliphatic carbocycles. The Kier molecular flexibility index (Phi) is 11.3. The zero-order valence-electron chi connectivity index (χ0n) is 25.2. The molecule has 1 aliphatic rings. The highest BCUT2D eigenvalue weighted by molar-refractivity contribution is 7.92. The van der Waals surface area contributed by atoms with Gasteiger partial charge in [0.05, 0.1) is 24.0 Å². The molecule has 0 saturated carbocycles. The lowest BCUT2D eigenvalue weighted by Crippen LogP contribution is -2.50. The summed E-state index contributed by atoms with van der Waals surface area (Å²) in [7, 11) is -2.30. The summed E-state index contributed by atoms with van der Waals surface area (Å²) in [6.45, 7) is 8.82. The van der Waals surface area contributed by atoms with Gasteiger partial charge in [-0.3, -0.25) is 18.7 Å². The molecular weight excluding hydrogens is 558 g/mol. The van der Waals surface area contributed by atoms with Crippen LogP contribution in [0.5, 0.6) is 5.75 Å². The van der Waals surface area contributed by atoms with Crippen molar-refractivity contribution in [1.29, 1.82) is 0 Å². The van der Waals surface area contributed by atoms with Crippen LogP contribution >= 0.6 is 0 Å². The molecule has 3 rings (SSSR count). The van der Waals surface area contributed by atoms with Gasteiger partial charge in [0.2, 0.25) is 15.9 Å². The largest absolute Gasteiger partial charge is 0.491 e. The zero-order chi connectivity index (χ0) is 31.0. The Hall–Kier alpha value is -3.64. The van der Waals surface area contributed by atoms with Crippen molar-refractivity contribution in [3.63, 3.8) is 0 Å². The molecule has 0 radical (unpaired) electrons. The second-order valence-corrected chi connectivity index (χ2v) is 13.2.